The van der Waals surface area contributed by atoms with Crippen LogP contribution in [-0.2, 0) is 13.2 Å². The number of aromatic nitrogens is 1. The second-order valence-electron chi connectivity index (χ2n) is 4.10. The van der Waals surface area contributed by atoms with Crippen LogP contribution in [0.15, 0.2) is 34.9 Å². The van der Waals surface area contributed by atoms with Crippen LogP contribution < -0.4 is 10.1 Å². The molecule has 0 atom stereocenters. The molecule has 96 valence electrons. The predicted molar refractivity (Wildman–Crippen MR) is 69.4 cm³/mol. The minimum Gasteiger partial charge on any atom is -0.469 e. The first kappa shape index (κ1) is 12.6. The molecule has 0 fully saturated rings. The van der Waals surface area contributed by atoms with E-state index in [0.717, 1.165) is 24.5 Å². The third-order valence-electron chi connectivity index (χ3n) is 2.51. The maximum absolute atomic E-state index is 5.62. The molecule has 18 heavy (non-hydrogen) atoms. The van der Waals surface area contributed by atoms with Crippen molar-refractivity contribution in [2.24, 2.45) is 0 Å². The Bertz CT molecular complexity index is 481. The summed E-state index contributed by atoms with van der Waals surface area (Å²) in [6.07, 6.45) is 1.64. The Kier molecular flexibility index (Phi) is 4.36. The molecular weight excluding hydrogens is 228 g/mol. The molecule has 0 aliphatic rings. The van der Waals surface area contributed by atoms with Crippen LogP contribution in [0.2, 0.25) is 0 Å². The molecule has 0 amide bonds. The van der Waals surface area contributed by atoms with E-state index in [4.69, 9.17) is 9.15 Å². The van der Waals surface area contributed by atoms with Gasteiger partial charge < -0.3 is 14.5 Å². The lowest BCUT2D eigenvalue weighted by Crippen LogP contribution is -2.12. The van der Waals surface area contributed by atoms with Crippen molar-refractivity contribution < 1.29 is 9.15 Å². The molecule has 0 aliphatic heterocycles. The van der Waals surface area contributed by atoms with E-state index >= 15 is 0 Å². The van der Waals surface area contributed by atoms with Gasteiger partial charge in [0.25, 0.3) is 0 Å². The van der Waals surface area contributed by atoms with Crippen LogP contribution in [0.3, 0.4) is 0 Å². The van der Waals surface area contributed by atoms with Crippen molar-refractivity contribution in [2.45, 2.75) is 27.0 Å². The van der Waals surface area contributed by atoms with Crippen molar-refractivity contribution in [2.75, 3.05) is 6.54 Å². The number of rotatable bonds is 6. The molecule has 2 aromatic heterocycles. The lowest BCUT2D eigenvalue weighted by molar-refractivity contribution is 0.260. The van der Waals surface area contributed by atoms with Gasteiger partial charge in [-0.15, -0.1) is 0 Å². The summed E-state index contributed by atoms with van der Waals surface area (Å²) in [4.78, 5) is 4.35. The van der Waals surface area contributed by atoms with Crippen molar-refractivity contribution in [3.63, 3.8) is 0 Å². The van der Waals surface area contributed by atoms with Gasteiger partial charge in [-0.25, -0.2) is 4.98 Å². The number of aryl methyl sites for hydroxylation is 1. The molecule has 4 nitrogen and oxygen atoms in total. The van der Waals surface area contributed by atoms with Crippen molar-refractivity contribution >= 4 is 0 Å². The summed E-state index contributed by atoms with van der Waals surface area (Å²) >= 11 is 0. The molecule has 0 aromatic carbocycles. The average molecular weight is 246 g/mol. The van der Waals surface area contributed by atoms with Gasteiger partial charge in [-0.3, -0.25) is 0 Å². The molecule has 0 saturated heterocycles. The van der Waals surface area contributed by atoms with E-state index in [9.17, 15) is 0 Å². The van der Waals surface area contributed by atoms with Crippen LogP contribution in [0.5, 0.6) is 5.88 Å². The highest BCUT2D eigenvalue weighted by Gasteiger charge is 2.03. The molecule has 0 spiro atoms. The molecule has 0 unspecified atom stereocenters. The second kappa shape index (κ2) is 6.21. The molecule has 1 N–H and O–H groups in total. The van der Waals surface area contributed by atoms with E-state index in [1.54, 1.807) is 6.26 Å². The van der Waals surface area contributed by atoms with Crippen molar-refractivity contribution in [1.29, 1.82) is 0 Å². The van der Waals surface area contributed by atoms with E-state index in [-0.39, 0.29) is 0 Å². The normalized spacial score (nSPS) is 10.6. The molecule has 0 saturated carbocycles. The fourth-order valence-corrected chi connectivity index (χ4v) is 1.69. The Labute approximate surface area is 107 Å². The van der Waals surface area contributed by atoms with Gasteiger partial charge in [0.2, 0.25) is 5.88 Å². The van der Waals surface area contributed by atoms with Gasteiger partial charge in [-0.1, -0.05) is 6.92 Å². The van der Waals surface area contributed by atoms with E-state index in [2.05, 4.69) is 23.3 Å². The van der Waals surface area contributed by atoms with Crippen LogP contribution in [0.4, 0.5) is 0 Å². The van der Waals surface area contributed by atoms with Crippen molar-refractivity contribution in [1.82, 2.24) is 10.3 Å². The van der Waals surface area contributed by atoms with Gasteiger partial charge in [0.05, 0.1) is 6.26 Å². The van der Waals surface area contributed by atoms with Crippen molar-refractivity contribution in [3.8, 4) is 5.88 Å². The van der Waals surface area contributed by atoms with E-state index < -0.39 is 0 Å². The Morgan fingerprint density at radius 1 is 1.39 bits per heavy atom. The topological polar surface area (TPSA) is 47.3 Å². The molecule has 4 heteroatoms. The smallest absolute Gasteiger partial charge is 0.214 e. The van der Waals surface area contributed by atoms with Gasteiger partial charge in [0.15, 0.2) is 0 Å². The van der Waals surface area contributed by atoms with E-state index in [1.165, 1.54) is 5.56 Å². The lowest BCUT2D eigenvalue weighted by atomic mass is 10.2. The summed E-state index contributed by atoms with van der Waals surface area (Å²) in [6.45, 7) is 6.24. The summed E-state index contributed by atoms with van der Waals surface area (Å²) in [7, 11) is 0. The minimum atomic E-state index is 0.407. The quantitative estimate of drug-likeness (QED) is 0.851. The largest absolute Gasteiger partial charge is 0.469 e. The summed E-state index contributed by atoms with van der Waals surface area (Å²) in [5.74, 6) is 1.44. The standard InChI is InChI=1S/C14H18N2O2/c1-3-15-9-12-7-11(2)16-14(8-12)18-10-13-5-4-6-17-13/h4-8,15H,3,9-10H2,1-2H3. The summed E-state index contributed by atoms with van der Waals surface area (Å²) in [6, 6.07) is 7.75. The Hall–Kier alpha value is -1.81. The highest BCUT2D eigenvalue weighted by atomic mass is 16.5. The maximum atomic E-state index is 5.62. The zero-order chi connectivity index (χ0) is 12.8. The summed E-state index contributed by atoms with van der Waals surface area (Å²) in [5.41, 5.74) is 2.14. The highest BCUT2D eigenvalue weighted by Crippen LogP contribution is 2.14. The zero-order valence-electron chi connectivity index (χ0n) is 10.8. The van der Waals surface area contributed by atoms with Crippen LogP contribution in [0.25, 0.3) is 0 Å². The minimum absolute atomic E-state index is 0.407. The van der Waals surface area contributed by atoms with Crippen LogP contribution in [-0.4, -0.2) is 11.5 Å². The third kappa shape index (κ3) is 3.60. The fourth-order valence-electron chi connectivity index (χ4n) is 1.69. The zero-order valence-corrected chi connectivity index (χ0v) is 10.8. The Morgan fingerprint density at radius 2 is 2.28 bits per heavy atom. The van der Waals surface area contributed by atoms with E-state index in [1.807, 2.05) is 25.1 Å². The maximum Gasteiger partial charge on any atom is 0.214 e. The van der Waals surface area contributed by atoms with Crippen LogP contribution in [0, 0.1) is 6.92 Å². The third-order valence-corrected chi connectivity index (χ3v) is 2.51. The molecule has 2 heterocycles. The van der Waals surface area contributed by atoms with E-state index in [0.29, 0.717) is 12.5 Å². The van der Waals surface area contributed by atoms with Gasteiger partial charge in [-0.2, -0.15) is 0 Å². The Morgan fingerprint density at radius 3 is 3.00 bits per heavy atom. The number of hydrogen-bond acceptors (Lipinski definition) is 4. The number of pyridine rings is 1. The predicted octanol–water partition coefficient (Wildman–Crippen LogP) is 2.67. The number of furan rings is 1. The number of nitrogens with one attached hydrogen (secondary N) is 1. The number of hydrogen-bond donors (Lipinski definition) is 1. The summed E-state index contributed by atoms with van der Waals surface area (Å²) in [5, 5.41) is 3.29. The first-order valence-corrected chi connectivity index (χ1v) is 6.11. The van der Waals surface area contributed by atoms with Crippen LogP contribution in [0.1, 0.15) is 23.9 Å². The monoisotopic (exact) mass is 246 g/mol. The fraction of sp³-hybridized carbons (Fsp3) is 0.357. The highest BCUT2D eigenvalue weighted by molar-refractivity contribution is 5.24. The molecule has 2 rings (SSSR count). The first-order chi connectivity index (χ1) is 8.78. The number of nitrogens with zero attached hydrogens (tertiary/aromatic N) is 1. The van der Waals surface area contributed by atoms with Crippen molar-refractivity contribution in [3.05, 3.63) is 47.5 Å². The molecule has 2 aromatic rings. The average Bonchev–Trinajstić information content (AvgIpc) is 2.86. The van der Waals surface area contributed by atoms with Gasteiger partial charge in [-0.05, 0) is 37.2 Å². The summed E-state index contributed by atoms with van der Waals surface area (Å²) < 4.78 is 10.8. The molecule has 0 radical (unpaired) electrons. The molecular formula is C14H18N2O2. The lowest BCUT2D eigenvalue weighted by Gasteiger charge is -2.08. The molecule has 0 bridgehead atoms. The van der Waals surface area contributed by atoms with Gasteiger partial charge >= 0.3 is 0 Å². The first-order valence-electron chi connectivity index (χ1n) is 6.11. The number of ether oxygens (including phenoxy) is 1. The Balaban J connectivity index is 2.00. The molecule has 0 aliphatic carbocycles. The van der Waals surface area contributed by atoms with Crippen LogP contribution >= 0.6 is 0 Å². The van der Waals surface area contributed by atoms with Gasteiger partial charge in [0.1, 0.15) is 12.4 Å². The SMILES string of the molecule is CCNCc1cc(C)nc(OCc2ccco2)c1. The van der Waals surface area contributed by atoms with Gasteiger partial charge in [0, 0.05) is 18.3 Å². The second-order valence-corrected chi connectivity index (χ2v) is 4.10.